The number of sulfonamides is 1. The molecule has 20 heavy (non-hydrogen) atoms. The molecule has 2 aromatic rings. The van der Waals surface area contributed by atoms with Gasteiger partial charge in [0.05, 0.1) is 11.1 Å². The summed E-state index contributed by atoms with van der Waals surface area (Å²) in [5.74, 6) is 0. The monoisotopic (exact) mass is 293 g/mol. The Balaban J connectivity index is 2.13. The second kappa shape index (κ2) is 5.76. The quantitative estimate of drug-likeness (QED) is 0.917. The van der Waals surface area contributed by atoms with Crippen LogP contribution in [-0.4, -0.2) is 18.2 Å². The molecule has 1 N–H and O–H groups in total. The largest absolute Gasteiger partial charge is 0.270 e. The zero-order valence-corrected chi connectivity index (χ0v) is 12.7. The fraction of sp³-hybridized carbons (Fsp3) is 0.357. The molecule has 1 aromatic heterocycles. The Kier molecular flexibility index (Phi) is 4.25. The first-order valence-electron chi connectivity index (χ1n) is 6.51. The molecule has 0 aliphatic rings. The van der Waals surface area contributed by atoms with E-state index in [2.05, 4.69) is 9.82 Å². The molecular weight excluding hydrogens is 274 g/mol. The summed E-state index contributed by atoms with van der Waals surface area (Å²) >= 11 is 0. The van der Waals surface area contributed by atoms with Crippen molar-refractivity contribution in [2.75, 3.05) is 0 Å². The fourth-order valence-corrected chi connectivity index (χ4v) is 2.96. The number of aromatic nitrogens is 2. The van der Waals surface area contributed by atoms with Crippen molar-refractivity contribution in [1.29, 1.82) is 0 Å². The summed E-state index contributed by atoms with van der Waals surface area (Å²) in [6.07, 6.45) is 1.70. The molecule has 0 unspecified atom stereocenters. The van der Waals surface area contributed by atoms with Gasteiger partial charge in [-0.1, -0.05) is 17.7 Å². The third-order valence-corrected chi connectivity index (χ3v) is 4.71. The molecule has 5 nitrogen and oxygen atoms in total. The Bertz CT molecular complexity index is 688. The standard InChI is InChI=1S/C14H19N3O2S/c1-4-17-12(3)13(9-15-17)10-16-20(18,19)14-7-5-11(2)6-8-14/h5-9,16H,4,10H2,1-3H3. The Morgan fingerprint density at radius 1 is 1.20 bits per heavy atom. The molecule has 1 heterocycles. The van der Waals surface area contributed by atoms with Crippen LogP contribution in [-0.2, 0) is 23.1 Å². The third kappa shape index (κ3) is 3.08. The van der Waals surface area contributed by atoms with Gasteiger partial charge >= 0.3 is 0 Å². The van der Waals surface area contributed by atoms with E-state index in [0.29, 0.717) is 0 Å². The molecule has 6 heteroatoms. The number of rotatable bonds is 5. The lowest BCUT2D eigenvalue weighted by Gasteiger charge is -2.07. The maximum Gasteiger partial charge on any atom is 0.240 e. The van der Waals surface area contributed by atoms with E-state index < -0.39 is 10.0 Å². The topological polar surface area (TPSA) is 64.0 Å². The van der Waals surface area contributed by atoms with Crippen molar-refractivity contribution in [1.82, 2.24) is 14.5 Å². The smallest absolute Gasteiger partial charge is 0.240 e. The van der Waals surface area contributed by atoms with E-state index in [4.69, 9.17) is 0 Å². The van der Waals surface area contributed by atoms with Gasteiger partial charge in [-0.15, -0.1) is 0 Å². The molecule has 0 bridgehead atoms. The van der Waals surface area contributed by atoms with Gasteiger partial charge < -0.3 is 0 Å². The summed E-state index contributed by atoms with van der Waals surface area (Å²) in [7, 11) is -3.48. The molecule has 0 fully saturated rings. The minimum Gasteiger partial charge on any atom is -0.270 e. The van der Waals surface area contributed by atoms with Crippen molar-refractivity contribution in [2.24, 2.45) is 0 Å². The maximum atomic E-state index is 12.2. The highest BCUT2D eigenvalue weighted by molar-refractivity contribution is 7.89. The van der Waals surface area contributed by atoms with Gasteiger partial charge in [-0.3, -0.25) is 4.68 Å². The summed E-state index contributed by atoms with van der Waals surface area (Å²) in [5, 5.41) is 4.20. The molecule has 0 amide bonds. The number of hydrogen-bond donors (Lipinski definition) is 1. The van der Waals surface area contributed by atoms with Crippen molar-refractivity contribution < 1.29 is 8.42 Å². The fourth-order valence-electron chi connectivity index (χ4n) is 1.95. The van der Waals surface area contributed by atoms with Crippen molar-refractivity contribution in [3.05, 3.63) is 47.3 Å². The van der Waals surface area contributed by atoms with Crippen LogP contribution >= 0.6 is 0 Å². The molecule has 2 rings (SSSR count). The molecule has 0 saturated carbocycles. The normalized spacial score (nSPS) is 11.8. The van der Waals surface area contributed by atoms with Gasteiger partial charge in [0.1, 0.15) is 0 Å². The zero-order valence-electron chi connectivity index (χ0n) is 11.9. The molecular formula is C14H19N3O2S. The molecule has 0 aliphatic heterocycles. The first-order chi connectivity index (χ1) is 9.44. The van der Waals surface area contributed by atoms with Gasteiger partial charge in [-0.05, 0) is 32.9 Å². The predicted molar refractivity (Wildman–Crippen MR) is 77.8 cm³/mol. The summed E-state index contributed by atoms with van der Waals surface area (Å²) in [6.45, 7) is 6.89. The molecule has 0 atom stereocenters. The maximum absolute atomic E-state index is 12.2. The van der Waals surface area contributed by atoms with Crippen molar-refractivity contribution >= 4 is 10.0 Å². The van der Waals surface area contributed by atoms with Crippen LogP contribution in [0.2, 0.25) is 0 Å². The van der Waals surface area contributed by atoms with E-state index in [9.17, 15) is 8.42 Å². The van der Waals surface area contributed by atoms with Gasteiger partial charge in [-0.25, -0.2) is 13.1 Å². The number of nitrogens with one attached hydrogen (secondary N) is 1. The van der Waals surface area contributed by atoms with Crippen LogP contribution in [0.5, 0.6) is 0 Å². The number of aryl methyl sites for hydroxylation is 2. The van der Waals surface area contributed by atoms with Crippen molar-refractivity contribution in [3.63, 3.8) is 0 Å². The van der Waals surface area contributed by atoms with Crippen molar-refractivity contribution in [3.8, 4) is 0 Å². The average molecular weight is 293 g/mol. The second-order valence-corrected chi connectivity index (χ2v) is 6.48. The first kappa shape index (κ1) is 14.7. The molecule has 108 valence electrons. The average Bonchev–Trinajstić information content (AvgIpc) is 2.77. The lowest BCUT2D eigenvalue weighted by molar-refractivity contribution is 0.581. The molecule has 1 aromatic carbocycles. The van der Waals surface area contributed by atoms with Crippen LogP contribution in [0.1, 0.15) is 23.7 Å². The lowest BCUT2D eigenvalue weighted by atomic mass is 10.2. The number of benzene rings is 1. The molecule has 0 aliphatic carbocycles. The number of nitrogens with zero attached hydrogens (tertiary/aromatic N) is 2. The van der Waals surface area contributed by atoms with E-state index in [0.717, 1.165) is 23.4 Å². The van der Waals surface area contributed by atoms with Crippen LogP contribution in [0, 0.1) is 13.8 Å². The summed E-state index contributed by atoms with van der Waals surface area (Å²) in [5.41, 5.74) is 2.91. The van der Waals surface area contributed by atoms with Crippen molar-refractivity contribution in [2.45, 2.75) is 38.8 Å². The van der Waals surface area contributed by atoms with Crippen LogP contribution < -0.4 is 4.72 Å². The van der Waals surface area contributed by atoms with E-state index in [1.807, 2.05) is 25.5 Å². The summed E-state index contributed by atoms with van der Waals surface area (Å²) < 4.78 is 28.8. The highest BCUT2D eigenvalue weighted by Gasteiger charge is 2.14. The van der Waals surface area contributed by atoms with Crippen LogP contribution in [0.4, 0.5) is 0 Å². The van der Waals surface area contributed by atoms with Gasteiger partial charge in [-0.2, -0.15) is 5.10 Å². The number of hydrogen-bond acceptors (Lipinski definition) is 3. The van der Waals surface area contributed by atoms with E-state index in [-0.39, 0.29) is 11.4 Å². The van der Waals surface area contributed by atoms with Gasteiger partial charge in [0, 0.05) is 24.3 Å². The summed E-state index contributed by atoms with van der Waals surface area (Å²) in [6, 6.07) is 6.80. The van der Waals surface area contributed by atoms with Crippen LogP contribution in [0.15, 0.2) is 35.4 Å². The van der Waals surface area contributed by atoms with Gasteiger partial charge in [0.2, 0.25) is 10.0 Å². The second-order valence-electron chi connectivity index (χ2n) is 4.71. The zero-order chi connectivity index (χ0) is 14.8. The molecule has 0 spiro atoms. The Morgan fingerprint density at radius 2 is 1.85 bits per heavy atom. The van der Waals surface area contributed by atoms with Gasteiger partial charge in [0.15, 0.2) is 0 Å². The predicted octanol–water partition coefficient (Wildman–Crippen LogP) is 2.00. The van der Waals surface area contributed by atoms with Crippen LogP contribution in [0.3, 0.4) is 0 Å². The molecule has 0 saturated heterocycles. The highest BCUT2D eigenvalue weighted by atomic mass is 32.2. The Morgan fingerprint density at radius 3 is 2.40 bits per heavy atom. The van der Waals surface area contributed by atoms with Crippen LogP contribution in [0.25, 0.3) is 0 Å². The minimum absolute atomic E-state index is 0.252. The van der Waals surface area contributed by atoms with E-state index in [1.54, 1.807) is 30.5 Å². The third-order valence-electron chi connectivity index (χ3n) is 3.29. The SMILES string of the molecule is CCn1ncc(CNS(=O)(=O)c2ccc(C)cc2)c1C. The van der Waals surface area contributed by atoms with Gasteiger partial charge in [0.25, 0.3) is 0 Å². The Labute approximate surface area is 119 Å². The molecule has 0 radical (unpaired) electrons. The first-order valence-corrected chi connectivity index (χ1v) is 8.00. The van der Waals surface area contributed by atoms with E-state index >= 15 is 0 Å². The lowest BCUT2D eigenvalue weighted by Crippen LogP contribution is -2.23. The Hall–Kier alpha value is -1.66. The van der Waals surface area contributed by atoms with E-state index in [1.165, 1.54) is 0 Å². The summed E-state index contributed by atoms with van der Waals surface area (Å²) in [4.78, 5) is 0.281. The highest BCUT2D eigenvalue weighted by Crippen LogP contribution is 2.12. The minimum atomic E-state index is -3.48.